The minimum Gasteiger partial charge on any atom is -0.454 e. The Kier molecular flexibility index (Phi) is 2.80. The van der Waals surface area contributed by atoms with E-state index < -0.39 is 6.50 Å². The second kappa shape index (κ2) is 5.49. The average molecular weight is 345 g/mol. The Morgan fingerprint density at radius 3 is 2.81 bits per heavy atom. The van der Waals surface area contributed by atoms with E-state index in [-0.39, 0.29) is 6.17 Å². The van der Waals surface area contributed by atoms with Crippen LogP contribution >= 0.6 is 0 Å². The SMILES string of the molecule is [2H]C([2H])(C)N1c2ncccc2N(c2c(C)ccc3c2oc2ccccc23)[C@@H]1C. The van der Waals surface area contributed by atoms with Crippen molar-refractivity contribution in [1.29, 1.82) is 0 Å². The first-order valence-corrected chi connectivity index (χ1v) is 8.82. The normalized spacial score (nSPS) is 18.3. The van der Waals surface area contributed by atoms with Gasteiger partial charge in [0.15, 0.2) is 11.4 Å². The van der Waals surface area contributed by atoms with Crippen LogP contribution in [0.15, 0.2) is 59.1 Å². The van der Waals surface area contributed by atoms with Gasteiger partial charge in [0.05, 0.1) is 11.4 Å². The molecule has 0 fully saturated rings. The van der Waals surface area contributed by atoms with Crippen molar-refractivity contribution in [2.45, 2.75) is 26.9 Å². The summed E-state index contributed by atoms with van der Waals surface area (Å²) >= 11 is 0. The third-order valence-corrected chi connectivity index (χ3v) is 5.21. The monoisotopic (exact) mass is 345 g/mol. The predicted molar refractivity (Wildman–Crippen MR) is 107 cm³/mol. The molecule has 1 atom stereocenters. The molecule has 26 heavy (non-hydrogen) atoms. The molecule has 2 aromatic heterocycles. The minimum atomic E-state index is -1.55. The lowest BCUT2D eigenvalue weighted by molar-refractivity contribution is 0.654. The summed E-state index contributed by atoms with van der Waals surface area (Å²) in [6.07, 6.45) is 1.46. The highest BCUT2D eigenvalue weighted by atomic mass is 16.3. The maximum Gasteiger partial charge on any atom is 0.159 e. The molecule has 0 amide bonds. The second-order valence-corrected chi connectivity index (χ2v) is 6.65. The summed E-state index contributed by atoms with van der Waals surface area (Å²) in [7, 11) is 0. The molecule has 0 unspecified atom stereocenters. The third-order valence-electron chi connectivity index (χ3n) is 5.21. The number of aryl methyl sites for hydroxylation is 1. The fourth-order valence-corrected chi connectivity index (χ4v) is 4.03. The van der Waals surface area contributed by atoms with E-state index in [9.17, 15) is 0 Å². The highest BCUT2D eigenvalue weighted by molar-refractivity contribution is 6.10. The summed E-state index contributed by atoms with van der Waals surface area (Å²) in [4.78, 5) is 8.37. The third kappa shape index (κ3) is 1.93. The van der Waals surface area contributed by atoms with E-state index in [1.807, 2.05) is 37.3 Å². The van der Waals surface area contributed by atoms with Gasteiger partial charge in [0.1, 0.15) is 11.7 Å². The summed E-state index contributed by atoms with van der Waals surface area (Å²) in [5.74, 6) is 0.648. The Bertz CT molecular complexity index is 1210. The smallest absolute Gasteiger partial charge is 0.159 e. The number of aromatic nitrogens is 1. The number of nitrogens with zero attached hydrogens (tertiary/aromatic N) is 3. The topological polar surface area (TPSA) is 32.5 Å². The summed E-state index contributed by atoms with van der Waals surface area (Å²) in [6.45, 7) is 4.09. The fourth-order valence-electron chi connectivity index (χ4n) is 4.03. The molecule has 0 radical (unpaired) electrons. The van der Waals surface area contributed by atoms with Crippen molar-refractivity contribution in [3.05, 3.63) is 60.3 Å². The van der Waals surface area contributed by atoms with Crippen LogP contribution in [0.5, 0.6) is 0 Å². The Balaban J connectivity index is 1.82. The highest BCUT2D eigenvalue weighted by Crippen LogP contribution is 2.47. The van der Waals surface area contributed by atoms with Crippen molar-refractivity contribution in [3.63, 3.8) is 0 Å². The van der Waals surface area contributed by atoms with Crippen molar-refractivity contribution in [3.8, 4) is 0 Å². The standard InChI is InChI=1S/C22H21N3O/c1-4-24-15(3)25(18-9-7-13-23-22(18)24)20-14(2)11-12-17-16-8-5-6-10-19(16)26-21(17)20/h5-13,15H,4H2,1-3H3/t15-/m1/s1/i4D2. The lowest BCUT2D eigenvalue weighted by Crippen LogP contribution is -2.38. The fraction of sp³-hybridized carbons (Fsp3) is 0.227. The van der Waals surface area contributed by atoms with Crippen LogP contribution in [0.1, 0.15) is 22.2 Å². The Morgan fingerprint density at radius 2 is 1.96 bits per heavy atom. The van der Waals surface area contributed by atoms with Gasteiger partial charge in [0, 0.05) is 26.2 Å². The Labute approximate surface area is 155 Å². The number of anilines is 3. The van der Waals surface area contributed by atoms with Crippen LogP contribution in [0.3, 0.4) is 0 Å². The molecule has 0 saturated carbocycles. The summed E-state index contributed by atoms with van der Waals surface area (Å²) in [5, 5.41) is 2.14. The van der Waals surface area contributed by atoms with Gasteiger partial charge < -0.3 is 14.2 Å². The number of hydrogen-bond acceptors (Lipinski definition) is 4. The molecule has 2 aromatic carbocycles. The van der Waals surface area contributed by atoms with E-state index in [0.717, 1.165) is 38.9 Å². The molecule has 5 rings (SSSR count). The van der Waals surface area contributed by atoms with Gasteiger partial charge in [-0.15, -0.1) is 0 Å². The second-order valence-electron chi connectivity index (χ2n) is 6.65. The summed E-state index contributed by atoms with van der Waals surface area (Å²) in [5.41, 5.74) is 4.59. The van der Waals surface area contributed by atoms with E-state index in [4.69, 9.17) is 7.16 Å². The van der Waals surface area contributed by atoms with Crippen LogP contribution in [0.25, 0.3) is 21.9 Å². The quantitative estimate of drug-likeness (QED) is 0.472. The van der Waals surface area contributed by atoms with Crippen LogP contribution in [0.2, 0.25) is 0 Å². The molecule has 0 aliphatic carbocycles. The molecule has 4 nitrogen and oxygen atoms in total. The van der Waals surface area contributed by atoms with Crippen LogP contribution in [0.4, 0.5) is 17.2 Å². The zero-order valence-corrected chi connectivity index (χ0v) is 15.0. The average Bonchev–Trinajstić information content (AvgIpc) is 3.16. The number of rotatable bonds is 2. The first-order chi connectivity index (χ1) is 13.4. The van der Waals surface area contributed by atoms with E-state index in [0.29, 0.717) is 5.82 Å². The molecule has 3 heterocycles. The molecule has 0 spiro atoms. The maximum absolute atomic E-state index is 8.35. The number of furan rings is 1. The van der Waals surface area contributed by atoms with E-state index in [1.54, 1.807) is 18.0 Å². The van der Waals surface area contributed by atoms with Crippen LogP contribution < -0.4 is 9.80 Å². The molecule has 1 aliphatic heterocycles. The molecule has 0 bridgehead atoms. The molecule has 0 saturated heterocycles. The van der Waals surface area contributed by atoms with Crippen LogP contribution in [-0.4, -0.2) is 17.6 Å². The lowest BCUT2D eigenvalue weighted by Gasteiger charge is -2.30. The summed E-state index contributed by atoms with van der Waals surface area (Å²) < 4.78 is 23.0. The van der Waals surface area contributed by atoms with Gasteiger partial charge in [-0.25, -0.2) is 4.98 Å². The molecule has 1 aliphatic rings. The first-order valence-electron chi connectivity index (χ1n) is 9.82. The van der Waals surface area contributed by atoms with Crippen molar-refractivity contribution in [2.75, 3.05) is 16.3 Å². The van der Waals surface area contributed by atoms with E-state index >= 15 is 0 Å². The van der Waals surface area contributed by atoms with Gasteiger partial charge in [0.25, 0.3) is 0 Å². The van der Waals surface area contributed by atoms with Crippen molar-refractivity contribution in [1.82, 2.24) is 4.98 Å². The van der Waals surface area contributed by atoms with Crippen molar-refractivity contribution in [2.24, 2.45) is 0 Å². The van der Waals surface area contributed by atoms with E-state index in [2.05, 4.69) is 35.0 Å². The number of hydrogen-bond donors (Lipinski definition) is 0. The van der Waals surface area contributed by atoms with Gasteiger partial charge >= 0.3 is 0 Å². The van der Waals surface area contributed by atoms with Crippen molar-refractivity contribution >= 4 is 39.1 Å². The Hall–Kier alpha value is -3.01. The number of fused-ring (bicyclic) bond motifs is 4. The first kappa shape index (κ1) is 13.2. The number of benzene rings is 2. The predicted octanol–water partition coefficient (Wildman–Crippen LogP) is 5.61. The van der Waals surface area contributed by atoms with Gasteiger partial charge in [-0.2, -0.15) is 0 Å². The van der Waals surface area contributed by atoms with Crippen LogP contribution in [0, 0.1) is 6.92 Å². The molecule has 4 heteroatoms. The number of para-hydroxylation sites is 1. The molecular formula is C22H21N3O. The largest absolute Gasteiger partial charge is 0.454 e. The van der Waals surface area contributed by atoms with Gasteiger partial charge in [-0.1, -0.05) is 30.3 Å². The molecule has 0 N–H and O–H groups in total. The highest BCUT2D eigenvalue weighted by Gasteiger charge is 2.36. The van der Waals surface area contributed by atoms with Gasteiger partial charge in [-0.3, -0.25) is 0 Å². The molecule has 4 aromatic rings. The molecular weight excluding hydrogens is 322 g/mol. The van der Waals surface area contributed by atoms with Crippen molar-refractivity contribution < 1.29 is 7.16 Å². The summed E-state index contributed by atoms with van der Waals surface area (Å²) in [6, 6.07) is 16.1. The minimum absolute atomic E-state index is 0.248. The van der Waals surface area contributed by atoms with Gasteiger partial charge in [0.2, 0.25) is 0 Å². The van der Waals surface area contributed by atoms with Gasteiger partial charge in [-0.05, 0) is 44.5 Å². The number of pyridine rings is 1. The lowest BCUT2D eigenvalue weighted by atomic mass is 10.1. The van der Waals surface area contributed by atoms with Crippen LogP contribution in [-0.2, 0) is 0 Å². The molecule has 130 valence electrons. The zero-order valence-electron chi connectivity index (χ0n) is 17.0. The Morgan fingerprint density at radius 1 is 1.12 bits per heavy atom. The zero-order chi connectivity index (χ0) is 19.6. The van der Waals surface area contributed by atoms with E-state index in [1.165, 1.54) is 0 Å². The maximum atomic E-state index is 8.35.